The third-order valence-corrected chi connectivity index (χ3v) is 3.88. The Morgan fingerprint density at radius 1 is 1.33 bits per heavy atom. The predicted molar refractivity (Wildman–Crippen MR) is 77.6 cm³/mol. The first-order chi connectivity index (χ1) is 8.45. The van der Waals surface area contributed by atoms with Crippen molar-refractivity contribution in [3.05, 3.63) is 29.8 Å². The SMILES string of the molecule is CC(C)c1ccc(NC(=O)C2(C(N)=S)CC2)cc1. The van der Waals surface area contributed by atoms with E-state index in [9.17, 15) is 4.79 Å². The van der Waals surface area contributed by atoms with Crippen molar-refractivity contribution < 1.29 is 4.79 Å². The van der Waals surface area contributed by atoms with Crippen LogP contribution in [0, 0.1) is 5.41 Å². The van der Waals surface area contributed by atoms with Crippen LogP contribution in [-0.4, -0.2) is 10.9 Å². The Kier molecular flexibility index (Phi) is 3.39. The summed E-state index contributed by atoms with van der Waals surface area (Å²) in [5.41, 5.74) is 7.08. The molecule has 3 nitrogen and oxygen atoms in total. The summed E-state index contributed by atoms with van der Waals surface area (Å²) in [6, 6.07) is 7.90. The number of hydrogen-bond donors (Lipinski definition) is 2. The largest absolute Gasteiger partial charge is 0.392 e. The van der Waals surface area contributed by atoms with Crippen molar-refractivity contribution in [3.8, 4) is 0 Å². The minimum Gasteiger partial charge on any atom is -0.392 e. The number of rotatable bonds is 4. The van der Waals surface area contributed by atoms with Crippen molar-refractivity contribution in [3.63, 3.8) is 0 Å². The summed E-state index contributed by atoms with van der Waals surface area (Å²) in [4.78, 5) is 12.4. The summed E-state index contributed by atoms with van der Waals surface area (Å²) >= 11 is 4.96. The summed E-state index contributed by atoms with van der Waals surface area (Å²) in [6.45, 7) is 4.28. The molecule has 2 rings (SSSR count). The lowest BCUT2D eigenvalue weighted by molar-refractivity contribution is -0.118. The molecule has 4 heteroatoms. The average molecular weight is 262 g/mol. The third-order valence-electron chi connectivity index (χ3n) is 3.49. The molecule has 1 fully saturated rings. The molecule has 1 aromatic rings. The van der Waals surface area contributed by atoms with E-state index in [2.05, 4.69) is 19.2 Å². The number of amides is 1. The molecule has 0 spiro atoms. The Labute approximate surface area is 113 Å². The van der Waals surface area contributed by atoms with Crippen molar-refractivity contribution in [2.75, 3.05) is 5.32 Å². The fourth-order valence-electron chi connectivity index (χ4n) is 1.91. The van der Waals surface area contributed by atoms with Crippen molar-refractivity contribution >= 4 is 28.8 Å². The molecule has 96 valence electrons. The molecule has 0 unspecified atom stereocenters. The van der Waals surface area contributed by atoms with Crippen LogP contribution in [0.3, 0.4) is 0 Å². The molecular weight excluding hydrogens is 244 g/mol. The molecule has 1 aromatic carbocycles. The van der Waals surface area contributed by atoms with E-state index in [4.69, 9.17) is 18.0 Å². The number of nitrogens with one attached hydrogen (secondary N) is 1. The van der Waals surface area contributed by atoms with E-state index in [0.29, 0.717) is 10.9 Å². The van der Waals surface area contributed by atoms with Crippen LogP contribution in [0.25, 0.3) is 0 Å². The summed E-state index contributed by atoms with van der Waals surface area (Å²) in [5, 5.41) is 2.89. The zero-order valence-electron chi connectivity index (χ0n) is 10.7. The minimum absolute atomic E-state index is 0.0766. The quantitative estimate of drug-likeness (QED) is 0.820. The Morgan fingerprint density at radius 3 is 2.28 bits per heavy atom. The van der Waals surface area contributed by atoms with E-state index in [1.165, 1.54) is 5.56 Å². The van der Waals surface area contributed by atoms with Gasteiger partial charge in [0.1, 0.15) is 0 Å². The van der Waals surface area contributed by atoms with E-state index in [1.54, 1.807) is 0 Å². The lowest BCUT2D eigenvalue weighted by atomic mass is 10.0. The number of carbonyl (C=O) groups is 1. The molecule has 0 bridgehead atoms. The maximum atomic E-state index is 12.1. The van der Waals surface area contributed by atoms with Crippen molar-refractivity contribution in [1.82, 2.24) is 0 Å². The van der Waals surface area contributed by atoms with Gasteiger partial charge in [0.2, 0.25) is 5.91 Å². The molecule has 0 radical (unpaired) electrons. The number of hydrogen-bond acceptors (Lipinski definition) is 2. The standard InChI is InChI=1S/C14H18N2OS/c1-9(2)10-3-5-11(6-4-10)16-13(17)14(7-8-14)12(15)18/h3-6,9H,7-8H2,1-2H3,(H2,15,18)(H,16,17). The van der Waals surface area contributed by atoms with E-state index in [-0.39, 0.29) is 5.91 Å². The minimum atomic E-state index is -0.591. The van der Waals surface area contributed by atoms with Crippen LogP contribution in [-0.2, 0) is 4.79 Å². The predicted octanol–water partition coefficient (Wildman–Crippen LogP) is 2.81. The fraction of sp³-hybridized carbons (Fsp3) is 0.429. The van der Waals surface area contributed by atoms with Gasteiger partial charge in [-0.3, -0.25) is 4.79 Å². The summed E-state index contributed by atoms with van der Waals surface area (Å²) in [6.07, 6.45) is 1.52. The Hall–Kier alpha value is -1.42. The second kappa shape index (κ2) is 4.69. The Morgan fingerprint density at radius 2 is 1.89 bits per heavy atom. The van der Waals surface area contributed by atoms with Crippen LogP contribution in [0.15, 0.2) is 24.3 Å². The first kappa shape index (κ1) is 13.0. The van der Waals surface area contributed by atoms with Crippen LogP contribution in [0.4, 0.5) is 5.69 Å². The van der Waals surface area contributed by atoms with Crippen molar-refractivity contribution in [2.24, 2.45) is 11.1 Å². The molecule has 0 saturated heterocycles. The van der Waals surface area contributed by atoms with Gasteiger partial charge in [0.25, 0.3) is 0 Å². The summed E-state index contributed by atoms with van der Waals surface area (Å²) in [5.74, 6) is 0.411. The van der Waals surface area contributed by atoms with Gasteiger partial charge >= 0.3 is 0 Å². The molecule has 1 saturated carbocycles. The van der Waals surface area contributed by atoms with Gasteiger partial charge in [-0.2, -0.15) is 0 Å². The molecule has 18 heavy (non-hydrogen) atoms. The second-order valence-electron chi connectivity index (χ2n) is 5.18. The monoisotopic (exact) mass is 262 g/mol. The van der Waals surface area contributed by atoms with Gasteiger partial charge in [-0.15, -0.1) is 0 Å². The Balaban J connectivity index is 2.06. The normalized spacial score (nSPS) is 16.4. The number of thiocarbonyl (C=S) groups is 1. The topological polar surface area (TPSA) is 55.1 Å². The molecular formula is C14H18N2OS. The fourth-order valence-corrected chi connectivity index (χ4v) is 2.21. The maximum Gasteiger partial charge on any atom is 0.237 e. The van der Waals surface area contributed by atoms with E-state index in [0.717, 1.165) is 18.5 Å². The molecule has 0 aromatic heterocycles. The highest BCUT2D eigenvalue weighted by Gasteiger charge is 2.52. The lowest BCUT2D eigenvalue weighted by Crippen LogP contribution is -2.34. The van der Waals surface area contributed by atoms with Crippen molar-refractivity contribution in [2.45, 2.75) is 32.6 Å². The third kappa shape index (κ3) is 2.38. The average Bonchev–Trinajstić information content (AvgIpc) is 3.10. The maximum absolute atomic E-state index is 12.1. The first-order valence-electron chi connectivity index (χ1n) is 6.17. The van der Waals surface area contributed by atoms with Gasteiger partial charge in [-0.1, -0.05) is 38.2 Å². The molecule has 0 aliphatic heterocycles. The Bertz CT molecular complexity index is 475. The van der Waals surface area contributed by atoms with Crippen LogP contribution >= 0.6 is 12.2 Å². The van der Waals surface area contributed by atoms with Crippen LogP contribution in [0.5, 0.6) is 0 Å². The van der Waals surface area contributed by atoms with Crippen molar-refractivity contribution in [1.29, 1.82) is 0 Å². The second-order valence-corrected chi connectivity index (χ2v) is 5.62. The molecule has 3 N–H and O–H groups in total. The number of anilines is 1. The molecule has 1 aliphatic carbocycles. The van der Waals surface area contributed by atoms with E-state index >= 15 is 0 Å². The van der Waals surface area contributed by atoms with Crippen LogP contribution < -0.4 is 11.1 Å². The van der Waals surface area contributed by atoms with Gasteiger partial charge in [-0.05, 0) is 36.5 Å². The van der Waals surface area contributed by atoms with E-state index in [1.807, 2.05) is 24.3 Å². The van der Waals surface area contributed by atoms with Gasteiger partial charge in [0.05, 0.1) is 10.4 Å². The summed E-state index contributed by atoms with van der Waals surface area (Å²) < 4.78 is 0. The first-order valence-corrected chi connectivity index (χ1v) is 6.58. The smallest absolute Gasteiger partial charge is 0.237 e. The zero-order valence-corrected chi connectivity index (χ0v) is 11.5. The highest BCUT2D eigenvalue weighted by atomic mass is 32.1. The lowest BCUT2D eigenvalue weighted by Gasteiger charge is -2.14. The zero-order chi connectivity index (χ0) is 13.3. The van der Waals surface area contributed by atoms with Gasteiger partial charge in [0, 0.05) is 5.69 Å². The van der Waals surface area contributed by atoms with Gasteiger partial charge < -0.3 is 11.1 Å². The molecule has 0 atom stereocenters. The van der Waals surface area contributed by atoms with Gasteiger partial charge in [0.15, 0.2) is 0 Å². The van der Waals surface area contributed by atoms with Gasteiger partial charge in [-0.25, -0.2) is 0 Å². The van der Waals surface area contributed by atoms with E-state index < -0.39 is 5.41 Å². The summed E-state index contributed by atoms with van der Waals surface area (Å²) in [7, 11) is 0. The van der Waals surface area contributed by atoms with Crippen LogP contribution in [0.2, 0.25) is 0 Å². The molecule has 1 amide bonds. The number of nitrogens with two attached hydrogens (primary N) is 1. The van der Waals surface area contributed by atoms with Crippen LogP contribution in [0.1, 0.15) is 38.2 Å². The number of benzene rings is 1. The number of carbonyl (C=O) groups excluding carboxylic acids is 1. The highest BCUT2D eigenvalue weighted by molar-refractivity contribution is 7.80. The highest BCUT2D eigenvalue weighted by Crippen LogP contribution is 2.46. The molecule has 0 heterocycles. The molecule has 1 aliphatic rings.